The Labute approximate surface area is 187 Å². The Kier molecular flexibility index (Phi) is 5.62. The van der Waals surface area contributed by atoms with Crippen LogP contribution in [0.3, 0.4) is 0 Å². The lowest BCUT2D eigenvalue weighted by Gasteiger charge is -2.36. The Morgan fingerprint density at radius 2 is 1.83 bits per heavy atom. The summed E-state index contributed by atoms with van der Waals surface area (Å²) >= 11 is 5.28. The molecule has 1 aliphatic rings. The van der Waals surface area contributed by atoms with E-state index in [1.54, 1.807) is 15.3 Å². The van der Waals surface area contributed by atoms with Crippen LogP contribution < -0.4 is 10.6 Å². The first-order valence-electron chi connectivity index (χ1n) is 10.4. The summed E-state index contributed by atoms with van der Waals surface area (Å²) in [5, 5.41) is 8.01. The molecule has 0 N–H and O–H groups in total. The molecule has 0 amide bonds. The SMILES string of the molecule is O=c1n(CCCCN2CCN(c3cccc4sccc34)CC2)nc2c(Br)cccn12. The molecule has 8 heteroatoms. The third kappa shape index (κ3) is 3.79. The number of unbranched alkanes of at least 4 members (excludes halogenated alkanes) is 1. The second-order valence-electron chi connectivity index (χ2n) is 7.70. The lowest BCUT2D eigenvalue weighted by Crippen LogP contribution is -2.46. The van der Waals surface area contributed by atoms with Crippen LogP contribution in [0.2, 0.25) is 0 Å². The Hall–Kier alpha value is -2.16. The van der Waals surface area contributed by atoms with Crippen molar-refractivity contribution in [1.82, 2.24) is 19.1 Å². The number of thiophene rings is 1. The quantitative estimate of drug-likeness (QED) is 0.386. The van der Waals surface area contributed by atoms with E-state index < -0.39 is 0 Å². The maximum atomic E-state index is 12.4. The van der Waals surface area contributed by atoms with Gasteiger partial charge in [-0.3, -0.25) is 4.90 Å². The Bertz CT molecular complexity index is 1220. The highest BCUT2D eigenvalue weighted by molar-refractivity contribution is 9.10. The van der Waals surface area contributed by atoms with Crippen LogP contribution in [0.1, 0.15) is 12.8 Å². The molecule has 4 aromatic rings. The maximum absolute atomic E-state index is 12.4. The van der Waals surface area contributed by atoms with Crippen LogP contribution in [0.4, 0.5) is 5.69 Å². The van der Waals surface area contributed by atoms with Crippen LogP contribution in [-0.4, -0.2) is 51.8 Å². The highest BCUT2D eigenvalue weighted by Crippen LogP contribution is 2.31. The van der Waals surface area contributed by atoms with Crippen LogP contribution in [0.25, 0.3) is 15.7 Å². The molecule has 0 unspecified atom stereocenters. The molecule has 3 aromatic heterocycles. The first kappa shape index (κ1) is 19.8. The van der Waals surface area contributed by atoms with E-state index in [9.17, 15) is 4.79 Å². The van der Waals surface area contributed by atoms with E-state index >= 15 is 0 Å². The lowest BCUT2D eigenvalue weighted by atomic mass is 10.2. The highest BCUT2D eigenvalue weighted by atomic mass is 79.9. The van der Waals surface area contributed by atoms with Crippen LogP contribution in [0.5, 0.6) is 0 Å². The predicted octanol–water partition coefficient (Wildman–Crippen LogP) is 4.08. The average Bonchev–Trinajstić information content (AvgIpc) is 3.37. The molecule has 0 spiro atoms. The molecule has 1 aliphatic heterocycles. The molecule has 1 fully saturated rings. The number of anilines is 1. The zero-order valence-electron chi connectivity index (χ0n) is 16.7. The number of fused-ring (bicyclic) bond motifs is 2. The third-order valence-electron chi connectivity index (χ3n) is 5.84. The number of benzene rings is 1. The number of hydrogen-bond donors (Lipinski definition) is 0. The van der Waals surface area contributed by atoms with Crippen molar-refractivity contribution in [2.75, 3.05) is 37.6 Å². The number of aryl methyl sites for hydroxylation is 1. The monoisotopic (exact) mass is 485 g/mol. The van der Waals surface area contributed by atoms with Crippen LogP contribution in [-0.2, 0) is 6.54 Å². The molecule has 30 heavy (non-hydrogen) atoms. The van der Waals surface area contributed by atoms with E-state index in [1.807, 2.05) is 23.5 Å². The smallest absolute Gasteiger partial charge is 0.350 e. The Morgan fingerprint density at radius 3 is 2.67 bits per heavy atom. The fraction of sp³-hybridized carbons (Fsp3) is 0.364. The van der Waals surface area contributed by atoms with Crippen molar-refractivity contribution in [3.8, 4) is 0 Å². The first-order valence-corrected chi connectivity index (χ1v) is 12.1. The molecule has 0 atom stereocenters. The van der Waals surface area contributed by atoms with Crippen molar-refractivity contribution >= 4 is 48.7 Å². The standard InChI is InChI=1S/C22H24BrN5OS/c23-18-5-4-10-27-21(18)24-28(22(27)29)11-2-1-9-25-12-14-26(15-13-25)19-6-3-7-20-17(19)8-16-30-20/h3-8,10,16H,1-2,9,11-15H2. The molecule has 0 saturated carbocycles. The van der Waals surface area contributed by atoms with E-state index in [-0.39, 0.29) is 5.69 Å². The molecular weight excluding hydrogens is 462 g/mol. The fourth-order valence-corrected chi connectivity index (χ4v) is 5.44. The van der Waals surface area contributed by atoms with Gasteiger partial charge in [0.25, 0.3) is 0 Å². The predicted molar refractivity (Wildman–Crippen MR) is 127 cm³/mol. The zero-order chi connectivity index (χ0) is 20.5. The minimum absolute atomic E-state index is 0.0671. The molecule has 0 aliphatic carbocycles. The van der Waals surface area contributed by atoms with Gasteiger partial charge in [0.05, 0.1) is 4.47 Å². The van der Waals surface area contributed by atoms with Gasteiger partial charge in [0.1, 0.15) is 0 Å². The van der Waals surface area contributed by atoms with Crippen molar-refractivity contribution in [3.63, 3.8) is 0 Å². The topological polar surface area (TPSA) is 45.8 Å². The van der Waals surface area contributed by atoms with Gasteiger partial charge in [0.15, 0.2) is 5.65 Å². The summed E-state index contributed by atoms with van der Waals surface area (Å²) in [4.78, 5) is 17.5. The van der Waals surface area contributed by atoms with E-state index in [4.69, 9.17) is 0 Å². The lowest BCUT2D eigenvalue weighted by molar-refractivity contribution is 0.251. The zero-order valence-corrected chi connectivity index (χ0v) is 19.1. The highest BCUT2D eigenvalue weighted by Gasteiger charge is 2.18. The van der Waals surface area contributed by atoms with Gasteiger partial charge in [-0.15, -0.1) is 16.4 Å². The third-order valence-corrected chi connectivity index (χ3v) is 7.34. The van der Waals surface area contributed by atoms with Gasteiger partial charge < -0.3 is 4.90 Å². The molecule has 6 nitrogen and oxygen atoms in total. The summed E-state index contributed by atoms with van der Waals surface area (Å²) < 4.78 is 5.39. The summed E-state index contributed by atoms with van der Waals surface area (Å²) in [6.07, 6.45) is 3.79. The van der Waals surface area contributed by atoms with E-state index in [2.05, 4.69) is 60.5 Å². The van der Waals surface area contributed by atoms with Crippen molar-refractivity contribution < 1.29 is 0 Å². The number of aromatic nitrogens is 3. The number of nitrogens with zero attached hydrogens (tertiary/aromatic N) is 5. The van der Waals surface area contributed by atoms with Gasteiger partial charge in [0.2, 0.25) is 0 Å². The minimum atomic E-state index is -0.0671. The largest absolute Gasteiger partial charge is 0.368 e. The molecule has 4 heterocycles. The molecule has 156 valence electrons. The summed E-state index contributed by atoms with van der Waals surface area (Å²) in [7, 11) is 0. The number of hydrogen-bond acceptors (Lipinski definition) is 5. The van der Waals surface area contributed by atoms with E-state index in [0.29, 0.717) is 12.2 Å². The maximum Gasteiger partial charge on any atom is 0.350 e. The van der Waals surface area contributed by atoms with Gasteiger partial charge in [-0.05, 0) is 71.0 Å². The van der Waals surface area contributed by atoms with Gasteiger partial charge >= 0.3 is 5.69 Å². The molecule has 1 saturated heterocycles. The van der Waals surface area contributed by atoms with Gasteiger partial charge in [-0.2, -0.15) is 0 Å². The summed E-state index contributed by atoms with van der Waals surface area (Å²) in [6, 6.07) is 12.6. The van der Waals surface area contributed by atoms with E-state index in [0.717, 1.165) is 50.0 Å². The molecule has 5 rings (SSSR count). The van der Waals surface area contributed by atoms with Crippen LogP contribution in [0, 0.1) is 0 Å². The van der Waals surface area contributed by atoms with Crippen molar-refractivity contribution in [2.45, 2.75) is 19.4 Å². The Balaban J connectivity index is 1.12. The second kappa shape index (κ2) is 8.53. The van der Waals surface area contributed by atoms with Gasteiger partial charge in [-0.1, -0.05) is 6.07 Å². The van der Waals surface area contributed by atoms with Crippen molar-refractivity contribution in [1.29, 1.82) is 0 Å². The number of piperazine rings is 1. The van der Waals surface area contributed by atoms with Crippen LogP contribution >= 0.6 is 27.3 Å². The molecule has 1 aromatic carbocycles. The summed E-state index contributed by atoms with van der Waals surface area (Å²) in [5.74, 6) is 0. The van der Waals surface area contributed by atoms with Crippen molar-refractivity contribution in [2.24, 2.45) is 0 Å². The average molecular weight is 486 g/mol. The second-order valence-corrected chi connectivity index (χ2v) is 9.50. The number of rotatable bonds is 6. The first-order chi connectivity index (χ1) is 14.7. The summed E-state index contributed by atoms with van der Waals surface area (Å²) in [6.45, 7) is 6.03. The number of pyridine rings is 1. The van der Waals surface area contributed by atoms with Gasteiger partial charge in [-0.25, -0.2) is 13.9 Å². The van der Waals surface area contributed by atoms with E-state index in [1.165, 1.54) is 15.8 Å². The minimum Gasteiger partial charge on any atom is -0.368 e. The number of halogens is 1. The molecule has 0 radical (unpaired) electrons. The Morgan fingerprint density at radius 1 is 1.00 bits per heavy atom. The van der Waals surface area contributed by atoms with Crippen LogP contribution in [0.15, 0.2) is 57.2 Å². The molecule has 0 bridgehead atoms. The fourth-order valence-electron chi connectivity index (χ4n) is 4.21. The summed E-state index contributed by atoms with van der Waals surface area (Å²) in [5.41, 5.74) is 1.98. The molecular formula is C22H24BrN5OS. The van der Waals surface area contributed by atoms with Crippen molar-refractivity contribution in [3.05, 3.63) is 62.9 Å². The van der Waals surface area contributed by atoms with Gasteiger partial charge in [0, 0.05) is 54.7 Å². The normalized spacial score (nSPS) is 15.4.